The second kappa shape index (κ2) is 11.7. The summed E-state index contributed by atoms with van der Waals surface area (Å²) in [5.41, 5.74) is 2.97. The molecule has 35 heavy (non-hydrogen) atoms. The maximum atomic E-state index is 13.8. The van der Waals surface area contributed by atoms with E-state index in [-0.39, 0.29) is 30.5 Å². The van der Waals surface area contributed by atoms with Gasteiger partial charge in [0.25, 0.3) is 0 Å². The van der Waals surface area contributed by atoms with Crippen molar-refractivity contribution >= 4 is 30.5 Å². The van der Waals surface area contributed by atoms with Crippen molar-refractivity contribution in [2.75, 3.05) is 18.5 Å². The van der Waals surface area contributed by atoms with Crippen molar-refractivity contribution in [1.29, 1.82) is 0 Å². The Labute approximate surface area is 210 Å². The van der Waals surface area contributed by atoms with Crippen LogP contribution in [0.2, 0.25) is 5.02 Å². The average molecular weight is 511 g/mol. The summed E-state index contributed by atoms with van der Waals surface area (Å²) in [6, 6.07) is 27.4. The largest absolute Gasteiger partial charge is 0.423 e. The van der Waals surface area contributed by atoms with Gasteiger partial charge in [-0.05, 0) is 36.6 Å². The standard InChI is InChI=1S/C27H28ClN2O4P/c1-3-32-35(31,33-4-2)27-26(29-19-22-17-11-12-18-23(22)28)34-25(30-27)24(20-13-7-5-8-14-20)21-15-9-6-10-16-21/h5-18,24,29H,3-4,19H2,1-2H3. The number of halogens is 1. The number of anilines is 1. The lowest BCUT2D eigenvalue weighted by atomic mass is 9.91. The van der Waals surface area contributed by atoms with E-state index in [1.165, 1.54) is 0 Å². The van der Waals surface area contributed by atoms with Gasteiger partial charge in [-0.15, -0.1) is 0 Å². The summed E-state index contributed by atoms with van der Waals surface area (Å²) in [7, 11) is -3.74. The maximum Gasteiger partial charge on any atom is 0.385 e. The van der Waals surface area contributed by atoms with Crippen molar-refractivity contribution in [2.45, 2.75) is 26.3 Å². The number of nitrogens with zero attached hydrogens (tertiary/aromatic N) is 1. The highest BCUT2D eigenvalue weighted by atomic mass is 35.5. The molecule has 182 valence electrons. The summed E-state index contributed by atoms with van der Waals surface area (Å²) in [5, 5.41) is 3.84. The van der Waals surface area contributed by atoms with E-state index >= 15 is 0 Å². The van der Waals surface area contributed by atoms with E-state index in [9.17, 15) is 4.57 Å². The third-order valence-electron chi connectivity index (χ3n) is 5.39. The maximum absolute atomic E-state index is 13.8. The molecule has 0 spiro atoms. The summed E-state index contributed by atoms with van der Waals surface area (Å²) in [5.74, 6) is 0.310. The van der Waals surface area contributed by atoms with Gasteiger partial charge in [0.15, 0.2) is 0 Å². The van der Waals surface area contributed by atoms with E-state index in [1.54, 1.807) is 13.8 Å². The first-order valence-electron chi connectivity index (χ1n) is 11.5. The van der Waals surface area contributed by atoms with Crippen molar-refractivity contribution in [2.24, 2.45) is 0 Å². The highest BCUT2D eigenvalue weighted by Gasteiger charge is 2.37. The fourth-order valence-electron chi connectivity index (χ4n) is 3.84. The Morgan fingerprint density at radius 1 is 0.886 bits per heavy atom. The Morgan fingerprint density at radius 3 is 1.97 bits per heavy atom. The fourth-order valence-corrected chi connectivity index (χ4v) is 5.63. The lowest BCUT2D eigenvalue weighted by Crippen LogP contribution is -2.17. The predicted octanol–water partition coefficient (Wildman–Crippen LogP) is 7.01. The Kier molecular flexibility index (Phi) is 8.42. The van der Waals surface area contributed by atoms with E-state index in [4.69, 9.17) is 30.0 Å². The Morgan fingerprint density at radius 2 is 1.43 bits per heavy atom. The highest BCUT2D eigenvalue weighted by Crippen LogP contribution is 2.49. The smallest absolute Gasteiger partial charge is 0.385 e. The van der Waals surface area contributed by atoms with Crippen molar-refractivity contribution in [3.05, 3.63) is 113 Å². The van der Waals surface area contributed by atoms with Gasteiger partial charge in [0, 0.05) is 11.6 Å². The molecule has 8 heteroatoms. The number of rotatable bonds is 11. The highest BCUT2D eigenvalue weighted by molar-refractivity contribution is 7.62. The van der Waals surface area contributed by atoms with E-state index in [0.717, 1.165) is 16.7 Å². The first kappa shape index (κ1) is 25.2. The third kappa shape index (κ3) is 5.85. The van der Waals surface area contributed by atoms with Crippen LogP contribution in [0.15, 0.2) is 89.3 Å². The minimum atomic E-state index is -3.74. The molecule has 3 aromatic carbocycles. The van der Waals surface area contributed by atoms with Gasteiger partial charge in [-0.1, -0.05) is 90.5 Å². The van der Waals surface area contributed by atoms with Crippen molar-refractivity contribution in [1.82, 2.24) is 4.98 Å². The second-order valence-corrected chi connectivity index (χ2v) is 10.1. The van der Waals surface area contributed by atoms with E-state index in [0.29, 0.717) is 17.5 Å². The van der Waals surface area contributed by atoms with Crippen LogP contribution in [0.4, 0.5) is 5.88 Å². The molecule has 4 aromatic rings. The molecule has 0 radical (unpaired) electrons. The molecule has 0 aliphatic carbocycles. The van der Waals surface area contributed by atoms with Gasteiger partial charge in [0.05, 0.1) is 19.1 Å². The van der Waals surface area contributed by atoms with Crippen molar-refractivity contribution < 1.29 is 18.0 Å². The van der Waals surface area contributed by atoms with Crippen molar-refractivity contribution in [3.63, 3.8) is 0 Å². The fraction of sp³-hybridized carbons (Fsp3) is 0.222. The van der Waals surface area contributed by atoms with Crippen LogP contribution in [-0.2, 0) is 20.2 Å². The van der Waals surface area contributed by atoms with Gasteiger partial charge >= 0.3 is 7.60 Å². The van der Waals surface area contributed by atoms with Crippen LogP contribution in [0.5, 0.6) is 0 Å². The predicted molar refractivity (Wildman–Crippen MR) is 140 cm³/mol. The Balaban J connectivity index is 1.82. The number of nitrogens with one attached hydrogen (secondary N) is 1. The lowest BCUT2D eigenvalue weighted by molar-refractivity contribution is 0.229. The molecule has 0 amide bonds. The molecule has 0 aliphatic rings. The molecule has 0 bridgehead atoms. The second-order valence-electron chi connectivity index (χ2n) is 7.74. The molecule has 0 fully saturated rings. The van der Waals surface area contributed by atoms with Gasteiger partial charge in [0.2, 0.25) is 17.2 Å². The molecule has 1 aromatic heterocycles. The van der Waals surface area contributed by atoms with Gasteiger partial charge in [0.1, 0.15) is 0 Å². The summed E-state index contributed by atoms with van der Waals surface area (Å²) >= 11 is 6.34. The molecule has 0 saturated heterocycles. The van der Waals surface area contributed by atoms with E-state index in [2.05, 4.69) is 5.32 Å². The SMILES string of the molecule is CCOP(=O)(OCC)c1nc(C(c2ccccc2)c2ccccc2)oc1NCc1ccccc1Cl. The topological polar surface area (TPSA) is 73.6 Å². The normalized spacial score (nSPS) is 11.7. The quantitative estimate of drug-likeness (QED) is 0.219. The van der Waals surface area contributed by atoms with Crippen LogP contribution >= 0.6 is 19.2 Å². The van der Waals surface area contributed by atoms with E-state index < -0.39 is 7.60 Å². The van der Waals surface area contributed by atoms with Gasteiger partial charge in [-0.3, -0.25) is 4.57 Å². The monoisotopic (exact) mass is 510 g/mol. The lowest BCUT2D eigenvalue weighted by Gasteiger charge is -2.16. The molecule has 0 unspecified atom stereocenters. The number of oxazole rings is 1. The van der Waals surface area contributed by atoms with Gasteiger partial charge < -0.3 is 18.8 Å². The van der Waals surface area contributed by atoms with Gasteiger partial charge in [-0.25, -0.2) is 4.98 Å². The summed E-state index contributed by atoms with van der Waals surface area (Å²) in [6.45, 7) is 4.27. The molecular weight excluding hydrogens is 483 g/mol. The summed E-state index contributed by atoms with van der Waals surface area (Å²) in [4.78, 5) is 4.73. The number of hydrogen-bond donors (Lipinski definition) is 1. The molecular formula is C27H28ClN2O4P. The Hall–Kier alpha value is -2.89. The number of hydrogen-bond acceptors (Lipinski definition) is 6. The molecule has 0 atom stereocenters. The van der Waals surface area contributed by atoms with Crippen LogP contribution in [-0.4, -0.2) is 18.2 Å². The molecule has 0 saturated carbocycles. The number of benzene rings is 3. The van der Waals surface area contributed by atoms with Gasteiger partial charge in [-0.2, -0.15) is 0 Å². The molecule has 1 N–H and O–H groups in total. The molecule has 6 nitrogen and oxygen atoms in total. The zero-order chi connectivity index (χ0) is 24.7. The summed E-state index contributed by atoms with van der Waals surface area (Å²) < 4.78 is 31.3. The molecule has 4 rings (SSSR count). The van der Waals surface area contributed by atoms with Crippen LogP contribution in [0.1, 0.15) is 42.3 Å². The van der Waals surface area contributed by atoms with Crippen molar-refractivity contribution in [3.8, 4) is 0 Å². The first-order chi connectivity index (χ1) is 17.1. The van der Waals surface area contributed by atoms with Crippen LogP contribution in [0.25, 0.3) is 0 Å². The molecule has 0 aliphatic heterocycles. The first-order valence-corrected chi connectivity index (χ1v) is 13.4. The summed E-state index contributed by atoms with van der Waals surface area (Å²) in [6.07, 6.45) is 0. The molecule has 1 heterocycles. The minimum Gasteiger partial charge on any atom is -0.423 e. The van der Waals surface area contributed by atoms with E-state index in [1.807, 2.05) is 84.9 Å². The number of aromatic nitrogens is 1. The zero-order valence-corrected chi connectivity index (χ0v) is 21.3. The average Bonchev–Trinajstić information content (AvgIpc) is 3.30. The third-order valence-corrected chi connectivity index (χ3v) is 7.78. The Bertz CT molecular complexity index is 1230. The van der Waals surface area contributed by atoms with Crippen LogP contribution < -0.4 is 10.8 Å². The van der Waals surface area contributed by atoms with Crippen LogP contribution in [0.3, 0.4) is 0 Å². The minimum absolute atomic E-state index is 0.125. The van der Waals surface area contributed by atoms with Crippen LogP contribution in [0, 0.1) is 0 Å². The zero-order valence-electron chi connectivity index (χ0n) is 19.7.